The molecule has 1 aliphatic rings. The number of nitrogens with one attached hydrogen (secondary N) is 1. The number of nitrogens with zero attached hydrogens (tertiary/aromatic N) is 2. The van der Waals surface area contributed by atoms with Crippen LogP contribution in [0, 0.1) is 0 Å². The van der Waals surface area contributed by atoms with E-state index >= 15 is 0 Å². The van der Waals surface area contributed by atoms with Crippen molar-refractivity contribution in [3.05, 3.63) is 24.2 Å². The van der Waals surface area contributed by atoms with Crippen LogP contribution in [0.5, 0.6) is 0 Å². The van der Waals surface area contributed by atoms with Crippen molar-refractivity contribution in [1.82, 2.24) is 15.1 Å². The molecule has 112 valence electrons. The molecule has 0 unspecified atom stereocenters. The second-order valence-electron chi connectivity index (χ2n) is 5.31. The Labute approximate surface area is 119 Å². The molecule has 0 radical (unpaired) electrons. The van der Waals surface area contributed by atoms with E-state index < -0.39 is 0 Å². The number of morpholine rings is 1. The van der Waals surface area contributed by atoms with Gasteiger partial charge in [0.15, 0.2) is 0 Å². The molecule has 2 amide bonds. The van der Waals surface area contributed by atoms with E-state index in [0.29, 0.717) is 26.2 Å². The van der Waals surface area contributed by atoms with Crippen molar-refractivity contribution in [2.24, 2.45) is 0 Å². The molecule has 6 heteroatoms. The fraction of sp³-hybridized carbons (Fsp3) is 0.643. The molecule has 1 aromatic heterocycles. The summed E-state index contributed by atoms with van der Waals surface area (Å²) < 4.78 is 10.9. The number of hydrogen-bond donors (Lipinski definition) is 1. The number of urea groups is 1. The lowest BCUT2D eigenvalue weighted by atomic mass is 10.2. The lowest BCUT2D eigenvalue weighted by molar-refractivity contribution is -0.00367. The summed E-state index contributed by atoms with van der Waals surface area (Å²) in [4.78, 5) is 16.0. The second kappa shape index (κ2) is 6.76. The van der Waals surface area contributed by atoms with E-state index in [2.05, 4.69) is 5.32 Å². The molecule has 2 atom stereocenters. The molecule has 20 heavy (non-hydrogen) atoms. The monoisotopic (exact) mass is 281 g/mol. The molecule has 1 N–H and O–H groups in total. The van der Waals surface area contributed by atoms with Crippen molar-refractivity contribution in [2.45, 2.75) is 19.1 Å². The van der Waals surface area contributed by atoms with Crippen LogP contribution in [0.1, 0.15) is 18.7 Å². The van der Waals surface area contributed by atoms with Crippen molar-refractivity contribution in [3.63, 3.8) is 0 Å². The number of amides is 2. The van der Waals surface area contributed by atoms with Crippen LogP contribution < -0.4 is 5.32 Å². The summed E-state index contributed by atoms with van der Waals surface area (Å²) in [5.41, 5.74) is 0. The number of ether oxygens (including phenoxy) is 1. The molecule has 1 fully saturated rings. The predicted molar refractivity (Wildman–Crippen MR) is 75.5 cm³/mol. The Morgan fingerprint density at radius 2 is 2.40 bits per heavy atom. The molecular formula is C14H23N3O3. The maximum atomic E-state index is 12.2. The molecule has 0 bridgehead atoms. The van der Waals surface area contributed by atoms with Crippen molar-refractivity contribution in [2.75, 3.05) is 40.3 Å². The van der Waals surface area contributed by atoms with Gasteiger partial charge in [-0.3, -0.25) is 4.90 Å². The Hall–Kier alpha value is -1.53. The van der Waals surface area contributed by atoms with E-state index in [1.807, 2.05) is 38.1 Å². The average molecular weight is 281 g/mol. The number of furan rings is 1. The molecule has 0 aliphatic carbocycles. The van der Waals surface area contributed by atoms with Crippen molar-refractivity contribution in [3.8, 4) is 0 Å². The Morgan fingerprint density at radius 3 is 3.00 bits per heavy atom. The van der Waals surface area contributed by atoms with Gasteiger partial charge < -0.3 is 19.4 Å². The second-order valence-corrected chi connectivity index (χ2v) is 5.31. The van der Waals surface area contributed by atoms with Gasteiger partial charge in [0.1, 0.15) is 5.76 Å². The zero-order valence-electron chi connectivity index (χ0n) is 12.3. The van der Waals surface area contributed by atoms with E-state index in [0.717, 1.165) is 5.76 Å². The molecular weight excluding hydrogens is 258 g/mol. The lowest BCUT2D eigenvalue weighted by Gasteiger charge is -2.32. The van der Waals surface area contributed by atoms with Crippen LogP contribution in [0.2, 0.25) is 0 Å². The SMILES string of the molecule is C[C@H]1CN(C(=O)NC[C@@H](c2ccco2)N(C)C)CCO1. The van der Waals surface area contributed by atoms with Gasteiger partial charge >= 0.3 is 6.03 Å². The van der Waals surface area contributed by atoms with Gasteiger partial charge in [-0.15, -0.1) is 0 Å². The summed E-state index contributed by atoms with van der Waals surface area (Å²) in [6.07, 6.45) is 1.75. The highest BCUT2D eigenvalue weighted by molar-refractivity contribution is 5.74. The average Bonchev–Trinajstić information content (AvgIpc) is 2.92. The Bertz CT molecular complexity index is 419. The molecule has 0 spiro atoms. The first-order valence-electron chi connectivity index (χ1n) is 6.92. The smallest absolute Gasteiger partial charge is 0.317 e. The van der Waals surface area contributed by atoms with Crippen LogP contribution in [0.3, 0.4) is 0 Å². The summed E-state index contributed by atoms with van der Waals surface area (Å²) in [7, 11) is 3.94. The summed E-state index contributed by atoms with van der Waals surface area (Å²) >= 11 is 0. The molecule has 6 nitrogen and oxygen atoms in total. The quantitative estimate of drug-likeness (QED) is 0.904. The van der Waals surface area contributed by atoms with Crippen LogP contribution in [0.4, 0.5) is 4.79 Å². The maximum Gasteiger partial charge on any atom is 0.317 e. The third-order valence-electron chi connectivity index (χ3n) is 3.47. The summed E-state index contributed by atoms with van der Waals surface area (Å²) in [5, 5.41) is 2.97. The van der Waals surface area contributed by atoms with Crippen LogP contribution in [0.25, 0.3) is 0 Å². The number of carbonyl (C=O) groups excluding carboxylic acids is 1. The first kappa shape index (κ1) is 14.9. The summed E-state index contributed by atoms with van der Waals surface area (Å²) in [5.74, 6) is 0.852. The molecule has 0 aromatic carbocycles. The van der Waals surface area contributed by atoms with Gasteiger partial charge in [0.25, 0.3) is 0 Å². The highest BCUT2D eigenvalue weighted by Crippen LogP contribution is 2.17. The third-order valence-corrected chi connectivity index (χ3v) is 3.47. The van der Waals surface area contributed by atoms with E-state index in [1.165, 1.54) is 0 Å². The minimum absolute atomic E-state index is 0.0346. The van der Waals surface area contributed by atoms with Crippen LogP contribution >= 0.6 is 0 Å². The van der Waals surface area contributed by atoms with Crippen LogP contribution in [-0.4, -0.2) is 62.3 Å². The largest absolute Gasteiger partial charge is 0.468 e. The van der Waals surface area contributed by atoms with E-state index in [-0.39, 0.29) is 18.2 Å². The van der Waals surface area contributed by atoms with E-state index in [4.69, 9.17) is 9.15 Å². The zero-order valence-corrected chi connectivity index (χ0v) is 12.3. The van der Waals surface area contributed by atoms with Gasteiger partial charge in [-0.25, -0.2) is 4.79 Å². The molecule has 0 saturated carbocycles. The fourth-order valence-corrected chi connectivity index (χ4v) is 2.32. The Balaban J connectivity index is 1.87. The summed E-state index contributed by atoms with van der Waals surface area (Å²) in [6.45, 7) is 4.38. The first-order chi connectivity index (χ1) is 9.58. The van der Waals surface area contributed by atoms with Gasteiger partial charge in [-0.1, -0.05) is 0 Å². The van der Waals surface area contributed by atoms with Gasteiger partial charge in [0.2, 0.25) is 0 Å². The minimum atomic E-state index is -0.0430. The third kappa shape index (κ3) is 3.74. The highest BCUT2D eigenvalue weighted by Gasteiger charge is 2.23. The summed E-state index contributed by atoms with van der Waals surface area (Å²) in [6, 6.07) is 3.77. The maximum absolute atomic E-state index is 12.2. The topological polar surface area (TPSA) is 58.0 Å². The van der Waals surface area contributed by atoms with Crippen molar-refractivity contribution >= 4 is 6.03 Å². The van der Waals surface area contributed by atoms with Crippen LogP contribution in [0.15, 0.2) is 22.8 Å². The molecule has 2 heterocycles. The highest BCUT2D eigenvalue weighted by atomic mass is 16.5. The molecule has 1 saturated heterocycles. The standard InChI is InChI=1S/C14H23N3O3/c1-11-10-17(6-8-19-11)14(18)15-9-12(16(2)3)13-5-4-7-20-13/h4-5,7,11-12H,6,8-10H2,1-3H3,(H,15,18)/t11-,12-/m0/s1. The fourth-order valence-electron chi connectivity index (χ4n) is 2.32. The Kier molecular flexibility index (Phi) is 5.03. The van der Waals surface area contributed by atoms with Gasteiger partial charge in [-0.05, 0) is 33.2 Å². The zero-order chi connectivity index (χ0) is 14.5. The number of hydrogen-bond acceptors (Lipinski definition) is 4. The molecule has 1 aromatic rings. The van der Waals surface area contributed by atoms with Gasteiger partial charge in [0, 0.05) is 19.6 Å². The lowest BCUT2D eigenvalue weighted by Crippen LogP contribution is -2.50. The van der Waals surface area contributed by atoms with Gasteiger partial charge in [-0.2, -0.15) is 0 Å². The predicted octanol–water partition coefficient (Wildman–Crippen LogP) is 1.31. The minimum Gasteiger partial charge on any atom is -0.468 e. The van der Waals surface area contributed by atoms with Gasteiger partial charge in [0.05, 0.1) is 25.0 Å². The van der Waals surface area contributed by atoms with Crippen molar-refractivity contribution in [1.29, 1.82) is 0 Å². The molecule has 2 rings (SSSR count). The number of carbonyl (C=O) groups is 1. The Morgan fingerprint density at radius 1 is 1.60 bits per heavy atom. The molecule has 1 aliphatic heterocycles. The first-order valence-corrected chi connectivity index (χ1v) is 6.92. The van der Waals surface area contributed by atoms with Crippen molar-refractivity contribution < 1.29 is 13.9 Å². The van der Waals surface area contributed by atoms with Crippen LogP contribution in [-0.2, 0) is 4.74 Å². The normalized spacial score (nSPS) is 21.0. The number of likely N-dealkylation sites (N-methyl/N-ethyl adjacent to an activating group) is 1. The van der Waals surface area contributed by atoms with E-state index in [9.17, 15) is 4.79 Å². The number of rotatable bonds is 4. The van der Waals surface area contributed by atoms with E-state index in [1.54, 1.807) is 11.2 Å².